The molecule has 7 heteroatoms. The van der Waals surface area contributed by atoms with Gasteiger partial charge in [-0.25, -0.2) is 4.98 Å². The molecule has 1 aliphatic rings. The maximum absolute atomic E-state index is 13.0. The number of aromatic amines is 1. The third kappa shape index (κ3) is 3.85. The van der Waals surface area contributed by atoms with Crippen molar-refractivity contribution in [2.24, 2.45) is 0 Å². The molecule has 0 spiro atoms. The van der Waals surface area contributed by atoms with Crippen LogP contribution in [-0.4, -0.2) is 60.1 Å². The highest BCUT2D eigenvalue weighted by molar-refractivity contribution is 5.99. The number of benzene rings is 1. The smallest absolute Gasteiger partial charge is 0.270 e. The van der Waals surface area contributed by atoms with Crippen molar-refractivity contribution in [1.29, 1.82) is 0 Å². The van der Waals surface area contributed by atoms with Crippen LogP contribution in [0.15, 0.2) is 42.6 Å². The Bertz CT molecular complexity index is 1010. The summed E-state index contributed by atoms with van der Waals surface area (Å²) in [5.41, 5.74) is 2.53. The van der Waals surface area contributed by atoms with E-state index in [9.17, 15) is 4.79 Å². The maximum atomic E-state index is 13.0. The summed E-state index contributed by atoms with van der Waals surface area (Å²) in [5, 5.41) is 4.38. The highest BCUT2D eigenvalue weighted by atomic mass is 16.5. The number of fused-ring (bicyclic) bond motifs is 1. The van der Waals surface area contributed by atoms with Crippen LogP contribution in [0.5, 0.6) is 5.75 Å². The highest BCUT2D eigenvalue weighted by Crippen LogP contribution is 2.28. The molecule has 29 heavy (non-hydrogen) atoms. The Labute approximate surface area is 170 Å². The molecule has 0 saturated carbocycles. The fourth-order valence-corrected chi connectivity index (χ4v) is 3.78. The van der Waals surface area contributed by atoms with Crippen LogP contribution in [0.4, 0.5) is 11.5 Å². The molecule has 1 saturated heterocycles. The molecule has 3 heterocycles. The second kappa shape index (κ2) is 8.03. The van der Waals surface area contributed by atoms with E-state index in [0.29, 0.717) is 24.8 Å². The topological polar surface area (TPSA) is 73.5 Å². The molecular weight excluding hydrogens is 366 g/mol. The van der Waals surface area contributed by atoms with Gasteiger partial charge in [0.1, 0.15) is 11.4 Å². The number of carbonyl (C=O) groups is 1. The van der Waals surface area contributed by atoms with E-state index in [0.717, 1.165) is 41.2 Å². The molecule has 0 bridgehead atoms. The molecule has 1 aliphatic heterocycles. The van der Waals surface area contributed by atoms with E-state index in [1.165, 1.54) is 0 Å². The number of pyridine rings is 1. The molecule has 3 aromatic rings. The van der Waals surface area contributed by atoms with E-state index in [1.54, 1.807) is 7.11 Å². The second-order valence-corrected chi connectivity index (χ2v) is 7.56. The van der Waals surface area contributed by atoms with E-state index in [-0.39, 0.29) is 5.91 Å². The number of amides is 1. The SMILES string of the molecule is COc1cccc2[nH]c(C(=O)N3CCN(c4ncccc4NC(C)C)CC3)cc12. The average Bonchev–Trinajstić information content (AvgIpc) is 3.18. The lowest BCUT2D eigenvalue weighted by Gasteiger charge is -2.36. The summed E-state index contributed by atoms with van der Waals surface area (Å²) in [6, 6.07) is 12.0. The first-order chi connectivity index (χ1) is 14.1. The van der Waals surface area contributed by atoms with Gasteiger partial charge < -0.3 is 24.8 Å². The number of rotatable bonds is 5. The van der Waals surface area contributed by atoms with Gasteiger partial charge in [-0.3, -0.25) is 4.79 Å². The third-order valence-corrected chi connectivity index (χ3v) is 5.17. The van der Waals surface area contributed by atoms with Gasteiger partial charge in [0.25, 0.3) is 5.91 Å². The van der Waals surface area contributed by atoms with Gasteiger partial charge in [0.2, 0.25) is 0 Å². The summed E-state index contributed by atoms with van der Waals surface area (Å²) >= 11 is 0. The summed E-state index contributed by atoms with van der Waals surface area (Å²) in [4.78, 5) is 25.0. The first kappa shape index (κ1) is 19.1. The fourth-order valence-electron chi connectivity index (χ4n) is 3.78. The van der Waals surface area contributed by atoms with Crippen molar-refractivity contribution in [2.75, 3.05) is 43.5 Å². The lowest BCUT2D eigenvalue weighted by Crippen LogP contribution is -2.49. The van der Waals surface area contributed by atoms with Crippen LogP contribution in [0.3, 0.4) is 0 Å². The Kier molecular flexibility index (Phi) is 5.29. The van der Waals surface area contributed by atoms with Crippen LogP contribution < -0.4 is 15.0 Å². The number of methoxy groups -OCH3 is 1. The predicted octanol–water partition coefficient (Wildman–Crippen LogP) is 3.35. The van der Waals surface area contributed by atoms with E-state index in [1.807, 2.05) is 41.4 Å². The van der Waals surface area contributed by atoms with Gasteiger partial charge in [0, 0.05) is 49.3 Å². The minimum Gasteiger partial charge on any atom is -0.496 e. The molecule has 1 fully saturated rings. The van der Waals surface area contributed by atoms with E-state index < -0.39 is 0 Å². The van der Waals surface area contributed by atoms with E-state index >= 15 is 0 Å². The normalized spacial score (nSPS) is 14.5. The zero-order valence-electron chi connectivity index (χ0n) is 17.1. The summed E-state index contributed by atoms with van der Waals surface area (Å²) in [7, 11) is 1.64. The molecule has 0 aliphatic carbocycles. The van der Waals surface area contributed by atoms with Gasteiger partial charge in [0.15, 0.2) is 5.82 Å². The summed E-state index contributed by atoms with van der Waals surface area (Å²) in [6.45, 7) is 7.04. The van der Waals surface area contributed by atoms with Gasteiger partial charge in [-0.2, -0.15) is 0 Å². The Hall–Kier alpha value is -3.22. The van der Waals surface area contributed by atoms with E-state index in [2.05, 4.69) is 40.1 Å². The predicted molar refractivity (Wildman–Crippen MR) is 116 cm³/mol. The molecule has 0 unspecified atom stereocenters. The molecule has 1 amide bonds. The zero-order valence-corrected chi connectivity index (χ0v) is 17.1. The maximum Gasteiger partial charge on any atom is 0.270 e. The van der Waals surface area contributed by atoms with Crippen molar-refractivity contribution in [3.05, 3.63) is 48.3 Å². The number of hydrogen-bond donors (Lipinski definition) is 2. The van der Waals surface area contributed by atoms with Crippen molar-refractivity contribution in [2.45, 2.75) is 19.9 Å². The number of hydrogen-bond acceptors (Lipinski definition) is 5. The largest absolute Gasteiger partial charge is 0.496 e. The van der Waals surface area contributed by atoms with Crippen LogP contribution >= 0.6 is 0 Å². The van der Waals surface area contributed by atoms with Crippen molar-refractivity contribution in [3.63, 3.8) is 0 Å². The van der Waals surface area contributed by atoms with Crippen LogP contribution in [0.25, 0.3) is 10.9 Å². The molecule has 7 nitrogen and oxygen atoms in total. The quantitative estimate of drug-likeness (QED) is 0.695. The molecular formula is C22H27N5O2. The van der Waals surface area contributed by atoms with E-state index in [4.69, 9.17) is 4.74 Å². The zero-order chi connectivity index (χ0) is 20.4. The molecule has 2 aromatic heterocycles. The Morgan fingerprint density at radius 2 is 1.97 bits per heavy atom. The Balaban J connectivity index is 1.47. The Morgan fingerprint density at radius 1 is 1.17 bits per heavy atom. The number of carbonyl (C=O) groups excluding carboxylic acids is 1. The van der Waals surface area contributed by atoms with Crippen LogP contribution in [-0.2, 0) is 0 Å². The molecule has 4 rings (SSSR count). The first-order valence-electron chi connectivity index (χ1n) is 9.98. The standard InChI is InChI=1S/C22H27N5O2/c1-15(2)24-18-7-5-9-23-21(18)26-10-12-27(13-11-26)22(28)19-14-16-17(25-19)6-4-8-20(16)29-3/h4-9,14-15,24-25H,10-13H2,1-3H3. The van der Waals surface area contributed by atoms with Gasteiger partial charge in [-0.15, -0.1) is 0 Å². The van der Waals surface area contributed by atoms with Gasteiger partial charge in [0.05, 0.1) is 12.8 Å². The van der Waals surface area contributed by atoms with Crippen molar-refractivity contribution >= 4 is 28.3 Å². The van der Waals surface area contributed by atoms with Crippen LogP contribution in [0.1, 0.15) is 24.3 Å². The summed E-state index contributed by atoms with van der Waals surface area (Å²) in [6.07, 6.45) is 1.82. The number of aromatic nitrogens is 2. The first-order valence-corrected chi connectivity index (χ1v) is 9.98. The van der Waals surface area contributed by atoms with Crippen molar-refractivity contribution in [1.82, 2.24) is 14.9 Å². The summed E-state index contributed by atoms with van der Waals surface area (Å²) < 4.78 is 5.40. The van der Waals surface area contributed by atoms with Gasteiger partial charge in [-0.1, -0.05) is 6.07 Å². The fraction of sp³-hybridized carbons (Fsp3) is 0.364. The number of anilines is 2. The van der Waals surface area contributed by atoms with Crippen molar-refractivity contribution in [3.8, 4) is 5.75 Å². The molecule has 2 N–H and O–H groups in total. The number of nitrogens with one attached hydrogen (secondary N) is 2. The number of nitrogens with zero attached hydrogens (tertiary/aromatic N) is 3. The third-order valence-electron chi connectivity index (χ3n) is 5.17. The summed E-state index contributed by atoms with van der Waals surface area (Å²) in [5.74, 6) is 1.73. The minimum atomic E-state index is 0.0180. The van der Waals surface area contributed by atoms with Crippen LogP contribution in [0.2, 0.25) is 0 Å². The Morgan fingerprint density at radius 3 is 2.69 bits per heavy atom. The van der Waals surface area contributed by atoms with Gasteiger partial charge in [-0.05, 0) is 44.2 Å². The lowest BCUT2D eigenvalue weighted by atomic mass is 10.2. The second-order valence-electron chi connectivity index (χ2n) is 7.56. The molecule has 1 aromatic carbocycles. The van der Waals surface area contributed by atoms with Crippen molar-refractivity contribution < 1.29 is 9.53 Å². The van der Waals surface area contributed by atoms with Gasteiger partial charge >= 0.3 is 0 Å². The highest BCUT2D eigenvalue weighted by Gasteiger charge is 2.25. The molecule has 0 radical (unpaired) electrons. The van der Waals surface area contributed by atoms with Crippen LogP contribution in [0, 0.1) is 0 Å². The molecule has 0 atom stereocenters. The minimum absolute atomic E-state index is 0.0180. The number of ether oxygens (including phenoxy) is 1. The number of H-pyrrole nitrogens is 1. The molecule has 152 valence electrons. The monoisotopic (exact) mass is 393 g/mol. The average molecular weight is 393 g/mol. The lowest BCUT2D eigenvalue weighted by molar-refractivity contribution is 0.0741. The number of piperazine rings is 1.